The first-order chi connectivity index (χ1) is 15.7. The topological polar surface area (TPSA) is 71.0 Å². The van der Waals surface area contributed by atoms with Crippen molar-refractivity contribution in [1.82, 2.24) is 10.2 Å². The lowest BCUT2D eigenvalue weighted by Gasteiger charge is -2.37. The molecule has 1 aromatic rings. The SMILES string of the molecule is CO[C@H]1COCC[C@H]1N[C@@H]1CC[C@@]2(C1)C(=O)N1Cc3cc(C(F)(F)F)ccc3[C@H](O)C1C2C. The van der Waals surface area contributed by atoms with Gasteiger partial charge in [0.25, 0.3) is 0 Å². The average Bonchev–Trinajstić information content (AvgIpc) is 3.30. The van der Waals surface area contributed by atoms with E-state index in [1.165, 1.54) is 6.07 Å². The Morgan fingerprint density at radius 2 is 2.09 bits per heavy atom. The molecule has 0 radical (unpaired) electrons. The van der Waals surface area contributed by atoms with Crippen LogP contribution in [0.25, 0.3) is 0 Å². The molecule has 1 aromatic carbocycles. The lowest BCUT2D eigenvalue weighted by atomic mass is 9.72. The van der Waals surface area contributed by atoms with Crippen LogP contribution in [0, 0.1) is 11.3 Å². The van der Waals surface area contributed by atoms with Crippen LogP contribution < -0.4 is 5.32 Å². The van der Waals surface area contributed by atoms with Gasteiger partial charge in [-0.25, -0.2) is 0 Å². The van der Waals surface area contributed by atoms with Crippen molar-refractivity contribution in [3.05, 3.63) is 34.9 Å². The number of rotatable bonds is 3. The van der Waals surface area contributed by atoms with Gasteiger partial charge in [-0.2, -0.15) is 13.2 Å². The van der Waals surface area contributed by atoms with E-state index in [1.807, 2.05) is 6.92 Å². The van der Waals surface area contributed by atoms with Crippen molar-refractivity contribution >= 4 is 5.91 Å². The largest absolute Gasteiger partial charge is 0.416 e. The number of methoxy groups -OCH3 is 1. The van der Waals surface area contributed by atoms with Crippen LogP contribution in [0.2, 0.25) is 0 Å². The Morgan fingerprint density at radius 1 is 1.30 bits per heavy atom. The predicted octanol–water partition coefficient (Wildman–Crippen LogP) is 3.03. The highest BCUT2D eigenvalue weighted by atomic mass is 19.4. The number of alkyl halides is 3. The van der Waals surface area contributed by atoms with Crippen LogP contribution >= 0.6 is 0 Å². The maximum absolute atomic E-state index is 13.7. The Kier molecular flexibility index (Phi) is 5.75. The number of nitrogens with zero attached hydrogens (tertiary/aromatic N) is 1. The number of hydrogen-bond acceptors (Lipinski definition) is 5. The van der Waals surface area contributed by atoms with E-state index in [0.717, 1.165) is 25.0 Å². The zero-order chi connectivity index (χ0) is 23.5. The number of amides is 1. The van der Waals surface area contributed by atoms with E-state index in [0.29, 0.717) is 37.2 Å². The summed E-state index contributed by atoms with van der Waals surface area (Å²) in [6, 6.07) is 3.35. The van der Waals surface area contributed by atoms with E-state index in [2.05, 4.69) is 5.32 Å². The van der Waals surface area contributed by atoms with Crippen molar-refractivity contribution in [2.75, 3.05) is 20.3 Å². The van der Waals surface area contributed by atoms with Gasteiger partial charge in [-0.3, -0.25) is 4.79 Å². The van der Waals surface area contributed by atoms with Gasteiger partial charge in [-0.1, -0.05) is 13.0 Å². The van der Waals surface area contributed by atoms with Gasteiger partial charge in [0.2, 0.25) is 5.91 Å². The third kappa shape index (κ3) is 3.68. The molecule has 3 aliphatic heterocycles. The maximum atomic E-state index is 13.7. The molecule has 3 heterocycles. The van der Waals surface area contributed by atoms with E-state index in [9.17, 15) is 23.1 Å². The summed E-state index contributed by atoms with van der Waals surface area (Å²) in [4.78, 5) is 15.3. The summed E-state index contributed by atoms with van der Waals surface area (Å²) in [5, 5.41) is 14.8. The Morgan fingerprint density at radius 3 is 2.82 bits per heavy atom. The normalized spacial score (nSPS) is 38.6. The monoisotopic (exact) mass is 468 g/mol. The molecule has 33 heavy (non-hydrogen) atoms. The smallest absolute Gasteiger partial charge is 0.386 e. The second kappa shape index (κ2) is 8.22. The van der Waals surface area contributed by atoms with E-state index in [1.54, 1.807) is 12.0 Å². The molecule has 1 amide bonds. The minimum Gasteiger partial charge on any atom is -0.386 e. The first kappa shape index (κ1) is 23.1. The second-order valence-electron chi connectivity index (χ2n) is 10.1. The highest BCUT2D eigenvalue weighted by molar-refractivity contribution is 5.87. The molecule has 6 nitrogen and oxygen atoms in total. The van der Waals surface area contributed by atoms with Gasteiger partial charge in [0.05, 0.1) is 29.7 Å². The lowest BCUT2D eigenvalue weighted by molar-refractivity contribution is -0.139. The Balaban J connectivity index is 1.37. The molecule has 1 saturated carbocycles. The number of hydrogen-bond donors (Lipinski definition) is 2. The molecular formula is C24H31F3N2O4. The fraction of sp³-hybridized carbons (Fsp3) is 0.708. The third-order valence-electron chi connectivity index (χ3n) is 8.49. The Hall–Kier alpha value is -1.68. The zero-order valence-corrected chi connectivity index (χ0v) is 18.9. The van der Waals surface area contributed by atoms with Crippen LogP contribution in [0.4, 0.5) is 13.2 Å². The molecule has 2 N–H and O–H groups in total. The fourth-order valence-corrected chi connectivity index (χ4v) is 6.67. The fourth-order valence-electron chi connectivity index (χ4n) is 6.67. The molecule has 0 bridgehead atoms. The first-order valence-corrected chi connectivity index (χ1v) is 11.7. The van der Waals surface area contributed by atoms with E-state index in [4.69, 9.17) is 9.47 Å². The Bertz CT molecular complexity index is 925. The standard InChI is InChI=1S/C24H31F3N2O4/c1-13-20-21(30)17-4-3-15(24(25,26)27)9-14(17)11-29(20)22(31)23(13)7-5-16(10-23)28-18-6-8-33-12-19(18)32-2/h3-4,9,13,16,18-21,28,30H,5-8,10-12H2,1-2H3/t13?,16-,18-,19+,20?,21+,23+/m1/s1. The minimum absolute atomic E-state index is 0.0301. The van der Waals surface area contributed by atoms with Gasteiger partial charge >= 0.3 is 6.18 Å². The van der Waals surface area contributed by atoms with Gasteiger partial charge in [0.1, 0.15) is 6.10 Å². The highest BCUT2D eigenvalue weighted by Crippen LogP contribution is 2.56. The van der Waals surface area contributed by atoms with Crippen molar-refractivity contribution in [1.29, 1.82) is 0 Å². The molecule has 2 saturated heterocycles. The molecule has 5 rings (SSSR count). The molecule has 3 fully saturated rings. The summed E-state index contributed by atoms with van der Waals surface area (Å²) >= 11 is 0. The number of carbonyl (C=O) groups excluding carboxylic acids is 1. The van der Waals surface area contributed by atoms with Gasteiger partial charge in [0, 0.05) is 32.3 Å². The molecule has 4 aliphatic rings. The quantitative estimate of drug-likeness (QED) is 0.714. The van der Waals surface area contributed by atoms with Crippen molar-refractivity contribution < 1.29 is 32.5 Å². The van der Waals surface area contributed by atoms with Crippen molar-refractivity contribution in [3.63, 3.8) is 0 Å². The predicted molar refractivity (Wildman–Crippen MR) is 113 cm³/mol. The van der Waals surface area contributed by atoms with Gasteiger partial charge in [-0.05, 0) is 54.9 Å². The average molecular weight is 469 g/mol. The van der Waals surface area contributed by atoms with Crippen molar-refractivity contribution in [2.45, 2.75) is 75.7 Å². The summed E-state index contributed by atoms with van der Waals surface area (Å²) in [6.45, 7) is 3.33. The van der Waals surface area contributed by atoms with E-state index >= 15 is 0 Å². The number of aliphatic hydroxyl groups is 1. The number of ether oxygens (including phenoxy) is 2. The minimum atomic E-state index is -4.46. The van der Waals surface area contributed by atoms with Gasteiger partial charge < -0.3 is 24.8 Å². The number of halogens is 3. The summed E-state index contributed by atoms with van der Waals surface area (Å²) in [5.74, 6) is -0.142. The number of fused-ring (bicyclic) bond motifs is 2. The summed E-state index contributed by atoms with van der Waals surface area (Å²) in [6.07, 6.45) is -2.44. The molecular weight excluding hydrogens is 437 g/mol. The highest BCUT2D eigenvalue weighted by Gasteiger charge is 2.62. The number of benzene rings is 1. The number of aliphatic hydroxyl groups excluding tert-OH is 1. The first-order valence-electron chi connectivity index (χ1n) is 11.7. The molecule has 1 aliphatic carbocycles. The zero-order valence-electron chi connectivity index (χ0n) is 18.9. The molecule has 1 spiro atoms. The van der Waals surface area contributed by atoms with Gasteiger partial charge in [0.15, 0.2) is 0 Å². The number of nitrogens with one attached hydrogen (secondary N) is 1. The van der Waals surface area contributed by atoms with Gasteiger partial charge in [-0.15, -0.1) is 0 Å². The summed E-state index contributed by atoms with van der Waals surface area (Å²) < 4.78 is 50.7. The molecule has 9 heteroatoms. The van der Waals surface area contributed by atoms with Crippen LogP contribution in [0.3, 0.4) is 0 Å². The number of carbonyl (C=O) groups is 1. The van der Waals surface area contributed by atoms with E-state index < -0.39 is 29.3 Å². The lowest BCUT2D eigenvalue weighted by Crippen LogP contribution is -2.51. The van der Waals surface area contributed by atoms with Crippen molar-refractivity contribution in [3.8, 4) is 0 Å². The molecule has 7 atom stereocenters. The van der Waals surface area contributed by atoms with Crippen LogP contribution in [-0.2, 0) is 27.0 Å². The van der Waals surface area contributed by atoms with Crippen molar-refractivity contribution in [2.24, 2.45) is 11.3 Å². The van der Waals surface area contributed by atoms with Crippen LogP contribution in [0.1, 0.15) is 55.4 Å². The van der Waals surface area contributed by atoms with E-state index in [-0.39, 0.29) is 36.6 Å². The maximum Gasteiger partial charge on any atom is 0.416 e. The second-order valence-corrected chi connectivity index (χ2v) is 10.1. The summed E-state index contributed by atoms with van der Waals surface area (Å²) in [5.41, 5.74) is -0.482. The molecule has 182 valence electrons. The summed E-state index contributed by atoms with van der Waals surface area (Å²) in [7, 11) is 1.67. The molecule has 0 aromatic heterocycles. The third-order valence-corrected chi connectivity index (χ3v) is 8.49. The molecule has 2 unspecified atom stereocenters. The van der Waals surface area contributed by atoms with Crippen LogP contribution in [0.15, 0.2) is 18.2 Å². The Labute approximate surface area is 191 Å². The van der Waals surface area contributed by atoms with Crippen LogP contribution in [-0.4, -0.2) is 60.5 Å². The van der Waals surface area contributed by atoms with Crippen LogP contribution in [0.5, 0.6) is 0 Å².